The van der Waals surface area contributed by atoms with Crippen molar-refractivity contribution in [2.24, 2.45) is 0 Å². The van der Waals surface area contributed by atoms with Crippen LogP contribution in [-0.4, -0.2) is 56.3 Å². The van der Waals surface area contributed by atoms with E-state index in [4.69, 9.17) is 14.2 Å². The second-order valence-corrected chi connectivity index (χ2v) is 5.84. The van der Waals surface area contributed by atoms with Gasteiger partial charge in [0.1, 0.15) is 10.7 Å². The van der Waals surface area contributed by atoms with Gasteiger partial charge in [-0.3, -0.25) is 4.79 Å². The zero-order chi connectivity index (χ0) is 16.2. The molecule has 0 unspecified atom stereocenters. The molecular weight excluding hydrogens is 316 g/mol. The number of carbonyl (C=O) groups excluding carboxylic acids is 1. The quantitative estimate of drug-likeness (QED) is 0.858. The lowest BCUT2D eigenvalue weighted by Gasteiger charge is -2.25. The van der Waals surface area contributed by atoms with Crippen LogP contribution in [0.1, 0.15) is 10.5 Å². The molecule has 0 atom stereocenters. The maximum atomic E-state index is 12.5. The predicted molar refractivity (Wildman–Crippen MR) is 87.4 cm³/mol. The van der Waals surface area contributed by atoms with Gasteiger partial charge in [0.15, 0.2) is 11.5 Å². The fraction of sp³-hybridized carbons (Fsp3) is 0.375. The van der Waals surface area contributed by atoms with E-state index in [1.807, 2.05) is 18.2 Å². The highest BCUT2D eigenvalue weighted by atomic mass is 32.1. The van der Waals surface area contributed by atoms with Gasteiger partial charge in [0.05, 0.1) is 33.0 Å². The Hall–Kier alpha value is -2.12. The second-order valence-electron chi connectivity index (χ2n) is 4.98. The van der Waals surface area contributed by atoms with Crippen LogP contribution < -0.4 is 9.47 Å². The summed E-state index contributed by atoms with van der Waals surface area (Å²) in [7, 11) is 3.19. The number of benzene rings is 1. The second kappa shape index (κ2) is 6.97. The number of hydrogen-bond acceptors (Lipinski definition) is 6. The smallest absolute Gasteiger partial charge is 0.273 e. The van der Waals surface area contributed by atoms with Crippen LogP contribution in [0.2, 0.25) is 0 Å². The Balaban J connectivity index is 1.88. The van der Waals surface area contributed by atoms with Crippen LogP contribution in [0.5, 0.6) is 11.5 Å². The fourth-order valence-corrected chi connectivity index (χ4v) is 3.30. The van der Waals surface area contributed by atoms with Gasteiger partial charge >= 0.3 is 0 Å². The van der Waals surface area contributed by atoms with E-state index in [0.29, 0.717) is 43.5 Å². The molecule has 0 bridgehead atoms. The molecule has 0 N–H and O–H groups in total. The average Bonchev–Trinajstić information content (AvgIpc) is 3.10. The van der Waals surface area contributed by atoms with Crippen molar-refractivity contribution in [1.29, 1.82) is 0 Å². The van der Waals surface area contributed by atoms with Gasteiger partial charge in [0, 0.05) is 18.5 Å². The molecule has 1 aromatic carbocycles. The van der Waals surface area contributed by atoms with Crippen molar-refractivity contribution in [2.45, 2.75) is 0 Å². The van der Waals surface area contributed by atoms with Crippen molar-refractivity contribution in [1.82, 2.24) is 9.88 Å². The van der Waals surface area contributed by atoms with Crippen molar-refractivity contribution < 1.29 is 19.0 Å². The maximum Gasteiger partial charge on any atom is 0.273 e. The number of carbonyl (C=O) groups is 1. The van der Waals surface area contributed by atoms with E-state index in [1.165, 1.54) is 11.3 Å². The summed E-state index contributed by atoms with van der Waals surface area (Å²) in [5.41, 5.74) is 1.27. The standard InChI is InChI=1S/C16H18N2O4S/c1-20-13-5-3-4-11(14(13)21-2)15-17-12(10-23-15)16(19)18-6-8-22-9-7-18/h3-5,10H,6-9H2,1-2H3. The summed E-state index contributed by atoms with van der Waals surface area (Å²) >= 11 is 1.42. The molecule has 2 heterocycles. The van der Waals surface area contributed by atoms with Gasteiger partial charge in [0.2, 0.25) is 0 Å². The minimum Gasteiger partial charge on any atom is -0.493 e. The Morgan fingerprint density at radius 3 is 2.74 bits per heavy atom. The van der Waals surface area contributed by atoms with E-state index in [2.05, 4.69) is 4.98 Å². The molecule has 1 amide bonds. The first-order chi connectivity index (χ1) is 11.2. The number of aromatic nitrogens is 1. The summed E-state index contributed by atoms with van der Waals surface area (Å²) in [6.45, 7) is 2.36. The number of morpholine rings is 1. The van der Waals surface area contributed by atoms with E-state index in [9.17, 15) is 4.79 Å². The zero-order valence-corrected chi connectivity index (χ0v) is 13.9. The van der Waals surface area contributed by atoms with E-state index >= 15 is 0 Å². The lowest BCUT2D eigenvalue weighted by Crippen LogP contribution is -2.40. The van der Waals surface area contributed by atoms with Gasteiger partial charge in [-0.15, -0.1) is 11.3 Å². The third-order valence-corrected chi connectivity index (χ3v) is 4.53. The molecule has 0 spiro atoms. The molecular formula is C16H18N2O4S. The minimum absolute atomic E-state index is 0.0577. The van der Waals surface area contributed by atoms with E-state index in [-0.39, 0.29) is 5.91 Å². The maximum absolute atomic E-state index is 12.5. The highest BCUT2D eigenvalue weighted by Gasteiger charge is 2.22. The Labute approximate surface area is 138 Å². The first-order valence-electron chi connectivity index (χ1n) is 7.28. The average molecular weight is 334 g/mol. The number of methoxy groups -OCH3 is 2. The Bertz CT molecular complexity index is 695. The van der Waals surface area contributed by atoms with Gasteiger partial charge in [-0.05, 0) is 12.1 Å². The molecule has 1 fully saturated rings. The summed E-state index contributed by atoms with van der Waals surface area (Å²) in [6, 6.07) is 5.61. The summed E-state index contributed by atoms with van der Waals surface area (Å²) in [5, 5.41) is 2.52. The van der Waals surface area contributed by atoms with Gasteiger partial charge in [-0.25, -0.2) is 4.98 Å². The van der Waals surface area contributed by atoms with Crippen LogP contribution in [0.25, 0.3) is 10.6 Å². The van der Waals surface area contributed by atoms with Crippen molar-refractivity contribution in [3.63, 3.8) is 0 Å². The van der Waals surface area contributed by atoms with Crippen LogP contribution in [0.3, 0.4) is 0 Å². The van der Waals surface area contributed by atoms with Gasteiger partial charge in [-0.2, -0.15) is 0 Å². The summed E-state index contributed by atoms with van der Waals surface area (Å²) in [4.78, 5) is 18.7. The summed E-state index contributed by atoms with van der Waals surface area (Å²) in [5.74, 6) is 1.20. The fourth-order valence-electron chi connectivity index (χ4n) is 2.48. The van der Waals surface area contributed by atoms with E-state index in [0.717, 1.165) is 10.6 Å². The molecule has 23 heavy (non-hydrogen) atoms. The molecule has 0 aliphatic carbocycles. The molecule has 1 aromatic heterocycles. The third kappa shape index (κ3) is 3.16. The molecule has 1 aliphatic heterocycles. The Morgan fingerprint density at radius 2 is 2.04 bits per heavy atom. The van der Waals surface area contributed by atoms with Crippen molar-refractivity contribution in [3.05, 3.63) is 29.3 Å². The highest BCUT2D eigenvalue weighted by molar-refractivity contribution is 7.13. The molecule has 122 valence electrons. The topological polar surface area (TPSA) is 60.9 Å². The van der Waals surface area contributed by atoms with Crippen LogP contribution in [-0.2, 0) is 4.74 Å². The van der Waals surface area contributed by atoms with Gasteiger partial charge in [-0.1, -0.05) is 6.07 Å². The van der Waals surface area contributed by atoms with Gasteiger partial charge in [0.25, 0.3) is 5.91 Å². The number of nitrogens with zero attached hydrogens (tertiary/aromatic N) is 2. The van der Waals surface area contributed by atoms with Gasteiger partial charge < -0.3 is 19.1 Å². The Kier molecular flexibility index (Phi) is 4.78. The number of rotatable bonds is 4. The van der Waals surface area contributed by atoms with Crippen LogP contribution in [0, 0.1) is 0 Å². The van der Waals surface area contributed by atoms with Crippen molar-refractivity contribution in [3.8, 4) is 22.1 Å². The molecule has 7 heteroatoms. The normalized spacial score (nSPS) is 14.6. The van der Waals surface area contributed by atoms with Crippen LogP contribution >= 0.6 is 11.3 Å². The number of amides is 1. The molecule has 0 saturated carbocycles. The minimum atomic E-state index is -0.0577. The van der Waals surface area contributed by atoms with E-state index < -0.39 is 0 Å². The van der Waals surface area contributed by atoms with Crippen molar-refractivity contribution in [2.75, 3.05) is 40.5 Å². The lowest BCUT2D eigenvalue weighted by molar-refractivity contribution is 0.0299. The van der Waals surface area contributed by atoms with E-state index in [1.54, 1.807) is 24.5 Å². The number of hydrogen-bond donors (Lipinski definition) is 0. The molecule has 2 aromatic rings. The molecule has 3 rings (SSSR count). The summed E-state index contributed by atoms with van der Waals surface area (Å²) in [6.07, 6.45) is 0. The van der Waals surface area contributed by atoms with Crippen LogP contribution in [0.15, 0.2) is 23.6 Å². The molecule has 1 saturated heterocycles. The largest absolute Gasteiger partial charge is 0.493 e. The first-order valence-corrected chi connectivity index (χ1v) is 8.16. The Morgan fingerprint density at radius 1 is 1.26 bits per heavy atom. The number of ether oxygens (including phenoxy) is 3. The SMILES string of the molecule is COc1cccc(-c2nc(C(=O)N3CCOCC3)cs2)c1OC. The monoisotopic (exact) mass is 334 g/mol. The summed E-state index contributed by atoms with van der Waals surface area (Å²) < 4.78 is 16.0. The zero-order valence-electron chi connectivity index (χ0n) is 13.1. The first kappa shape index (κ1) is 15.8. The molecule has 1 aliphatic rings. The molecule has 0 radical (unpaired) electrons. The molecule has 6 nitrogen and oxygen atoms in total. The van der Waals surface area contributed by atoms with Crippen molar-refractivity contribution >= 4 is 17.2 Å². The van der Waals surface area contributed by atoms with Crippen LogP contribution in [0.4, 0.5) is 0 Å². The highest BCUT2D eigenvalue weighted by Crippen LogP contribution is 2.39. The number of para-hydroxylation sites is 1. The predicted octanol–water partition coefficient (Wildman–Crippen LogP) is 2.30. The lowest BCUT2D eigenvalue weighted by atomic mass is 10.2. The number of thiazole rings is 1. The third-order valence-electron chi connectivity index (χ3n) is 3.65.